The molecule has 2 aromatic heterocycles. The smallest absolute Gasteiger partial charge is 0.377 e. The van der Waals surface area contributed by atoms with Gasteiger partial charge < -0.3 is 20.7 Å². The van der Waals surface area contributed by atoms with Gasteiger partial charge in [-0.1, -0.05) is 12.1 Å². The molecule has 4 atom stereocenters. The largest absolute Gasteiger partial charge is 0.432 e. The van der Waals surface area contributed by atoms with Crippen LogP contribution in [0, 0.1) is 0 Å². The predicted octanol–water partition coefficient (Wildman–Crippen LogP) is 1.44. The van der Waals surface area contributed by atoms with Crippen LogP contribution in [-0.2, 0) is 20.8 Å². The summed E-state index contributed by atoms with van der Waals surface area (Å²) in [6.45, 7) is 1.34. The zero-order valence-electron chi connectivity index (χ0n) is 17.3. The van der Waals surface area contributed by atoms with Crippen LogP contribution in [0.2, 0.25) is 0 Å². The van der Waals surface area contributed by atoms with Gasteiger partial charge >= 0.3 is 6.18 Å². The van der Waals surface area contributed by atoms with E-state index in [2.05, 4.69) is 15.1 Å². The van der Waals surface area contributed by atoms with Crippen molar-refractivity contribution >= 4 is 23.2 Å². The van der Waals surface area contributed by atoms with Gasteiger partial charge in [-0.3, -0.25) is 19.4 Å². The summed E-state index contributed by atoms with van der Waals surface area (Å²) >= 11 is 1.51. The number of amides is 2. The van der Waals surface area contributed by atoms with E-state index < -0.39 is 24.5 Å². The van der Waals surface area contributed by atoms with Gasteiger partial charge in [-0.2, -0.15) is 13.2 Å². The Bertz CT molecular complexity index is 973. The minimum absolute atomic E-state index is 0.0362. The van der Waals surface area contributed by atoms with Crippen molar-refractivity contribution in [3.63, 3.8) is 0 Å². The summed E-state index contributed by atoms with van der Waals surface area (Å²) in [7, 11) is 0. The third kappa shape index (κ3) is 5.68. The van der Waals surface area contributed by atoms with E-state index in [1.165, 1.54) is 29.7 Å². The van der Waals surface area contributed by atoms with Gasteiger partial charge in [-0.05, 0) is 17.5 Å². The molecule has 178 valence electrons. The van der Waals surface area contributed by atoms with Gasteiger partial charge in [0.2, 0.25) is 5.91 Å². The van der Waals surface area contributed by atoms with Gasteiger partial charge in [-0.15, -0.1) is 16.4 Å². The number of aromatic nitrogens is 1. The van der Waals surface area contributed by atoms with Crippen molar-refractivity contribution in [3.8, 4) is 0 Å². The average molecular weight is 485 g/mol. The second kappa shape index (κ2) is 9.73. The summed E-state index contributed by atoms with van der Waals surface area (Å²) in [5.41, 5.74) is 6.11. The molecule has 13 heteroatoms. The average Bonchev–Trinajstić information content (AvgIpc) is 3.47. The lowest BCUT2D eigenvalue weighted by Crippen LogP contribution is -2.54. The number of carbonyl (C=O) groups is 2. The number of rotatable bonds is 7. The molecule has 0 saturated carbocycles. The van der Waals surface area contributed by atoms with Crippen LogP contribution in [-0.4, -0.2) is 71.5 Å². The lowest BCUT2D eigenvalue weighted by Gasteiger charge is -2.35. The molecule has 2 aliphatic heterocycles. The molecule has 2 fully saturated rings. The first-order chi connectivity index (χ1) is 15.7. The van der Waals surface area contributed by atoms with Gasteiger partial charge in [0, 0.05) is 29.7 Å². The highest BCUT2D eigenvalue weighted by Gasteiger charge is 2.59. The van der Waals surface area contributed by atoms with Crippen LogP contribution in [0.4, 0.5) is 13.2 Å². The number of nitrogens with two attached hydrogens (primary N) is 1. The molecule has 2 aromatic rings. The number of thiophene rings is 1. The molecule has 2 amide bonds. The van der Waals surface area contributed by atoms with Crippen molar-refractivity contribution in [2.45, 2.75) is 31.0 Å². The standard InChI is InChI=1S/C20H22F3N5O4S/c21-20(22,23)19-28(32-19)17(24)12-3-4-15(25-9-12)18(30)26-10-13-11-31-6-5-27(13)16(29)8-14-2-1-7-33-14/h1-4,7,9,13,17,19H,5-6,8,10-11,24H2,(H,26,30)/t13-,17?,19?,28?/m0/s1. The third-order valence-corrected chi connectivity index (χ3v) is 6.15. The van der Waals surface area contributed by atoms with Gasteiger partial charge in [0.15, 0.2) is 0 Å². The summed E-state index contributed by atoms with van der Waals surface area (Å²) in [4.78, 5) is 36.3. The minimum Gasteiger partial charge on any atom is -0.377 e. The molecule has 0 spiro atoms. The van der Waals surface area contributed by atoms with Crippen LogP contribution in [0.1, 0.15) is 27.1 Å². The Hall–Kier alpha value is -2.58. The highest BCUT2D eigenvalue weighted by molar-refractivity contribution is 7.10. The number of nitrogens with zero attached hydrogens (tertiary/aromatic N) is 3. The highest BCUT2D eigenvalue weighted by Crippen LogP contribution is 2.40. The number of hydrogen-bond donors (Lipinski definition) is 2. The number of pyridine rings is 1. The van der Waals surface area contributed by atoms with Gasteiger partial charge in [-0.25, -0.2) is 0 Å². The maximum atomic E-state index is 12.7. The monoisotopic (exact) mass is 485 g/mol. The Balaban J connectivity index is 1.31. The molecule has 33 heavy (non-hydrogen) atoms. The first-order valence-corrected chi connectivity index (χ1v) is 11.0. The van der Waals surface area contributed by atoms with Crippen molar-refractivity contribution in [1.82, 2.24) is 20.3 Å². The van der Waals surface area contributed by atoms with Crippen LogP contribution < -0.4 is 11.1 Å². The van der Waals surface area contributed by atoms with Crippen molar-refractivity contribution < 1.29 is 32.3 Å². The van der Waals surface area contributed by atoms with E-state index in [1.54, 1.807) is 4.90 Å². The Morgan fingerprint density at radius 1 is 1.33 bits per heavy atom. The number of halogens is 3. The zero-order chi connectivity index (χ0) is 23.6. The van der Waals surface area contributed by atoms with Crippen LogP contribution in [0.3, 0.4) is 0 Å². The number of nitrogens with one attached hydrogen (secondary N) is 1. The molecule has 3 unspecified atom stereocenters. The maximum absolute atomic E-state index is 12.7. The summed E-state index contributed by atoms with van der Waals surface area (Å²) in [5.74, 6) is -0.520. The van der Waals surface area contributed by atoms with E-state index >= 15 is 0 Å². The topological polar surface area (TPSA) is 113 Å². The van der Waals surface area contributed by atoms with Crippen molar-refractivity contribution in [2.75, 3.05) is 26.3 Å². The van der Waals surface area contributed by atoms with E-state index in [0.717, 1.165) is 4.88 Å². The fraction of sp³-hybridized carbons (Fsp3) is 0.450. The summed E-state index contributed by atoms with van der Waals surface area (Å²) in [6.07, 6.45) is -6.22. The van der Waals surface area contributed by atoms with Gasteiger partial charge in [0.05, 0.1) is 25.7 Å². The molecule has 3 N–H and O–H groups in total. The van der Waals surface area contributed by atoms with Gasteiger partial charge in [0.25, 0.3) is 12.1 Å². The summed E-state index contributed by atoms with van der Waals surface area (Å²) in [6, 6.07) is 6.26. The first kappa shape index (κ1) is 23.6. The molecule has 0 aromatic carbocycles. The molecular formula is C20H22F3N5O4S. The van der Waals surface area contributed by atoms with Crippen LogP contribution in [0.5, 0.6) is 0 Å². The quantitative estimate of drug-likeness (QED) is 0.571. The third-order valence-electron chi connectivity index (χ3n) is 5.27. The van der Waals surface area contributed by atoms with E-state index in [4.69, 9.17) is 10.5 Å². The zero-order valence-corrected chi connectivity index (χ0v) is 18.1. The molecule has 9 nitrogen and oxygen atoms in total. The number of ether oxygens (including phenoxy) is 1. The minimum atomic E-state index is -4.53. The fourth-order valence-electron chi connectivity index (χ4n) is 3.48. The lowest BCUT2D eigenvalue weighted by molar-refractivity contribution is -0.148. The van der Waals surface area contributed by atoms with E-state index in [9.17, 15) is 22.8 Å². The second-order valence-electron chi connectivity index (χ2n) is 7.56. The van der Waals surface area contributed by atoms with Crippen LogP contribution >= 0.6 is 11.3 Å². The van der Waals surface area contributed by atoms with E-state index in [0.29, 0.717) is 31.2 Å². The molecule has 0 bridgehead atoms. The number of morpholine rings is 1. The Morgan fingerprint density at radius 2 is 2.15 bits per heavy atom. The number of carbonyl (C=O) groups excluding carboxylic acids is 2. The number of hydroxylamine groups is 2. The molecule has 0 radical (unpaired) electrons. The highest BCUT2D eigenvalue weighted by atomic mass is 32.1. The Morgan fingerprint density at radius 3 is 2.79 bits per heavy atom. The molecule has 2 saturated heterocycles. The second-order valence-corrected chi connectivity index (χ2v) is 8.60. The van der Waals surface area contributed by atoms with Crippen molar-refractivity contribution in [2.24, 2.45) is 5.73 Å². The molecule has 4 heterocycles. The van der Waals surface area contributed by atoms with Crippen molar-refractivity contribution in [3.05, 3.63) is 52.0 Å². The molecule has 0 aliphatic carbocycles. The fourth-order valence-corrected chi connectivity index (χ4v) is 4.18. The predicted molar refractivity (Wildman–Crippen MR) is 111 cm³/mol. The Kier molecular flexibility index (Phi) is 6.95. The summed E-state index contributed by atoms with van der Waals surface area (Å²) < 4.78 is 43.3. The Labute approximate surface area is 191 Å². The van der Waals surface area contributed by atoms with E-state index in [-0.39, 0.29) is 29.8 Å². The summed E-state index contributed by atoms with van der Waals surface area (Å²) in [5, 5.41) is 5.26. The van der Waals surface area contributed by atoms with E-state index in [1.807, 2.05) is 17.5 Å². The molecule has 4 rings (SSSR count). The first-order valence-electron chi connectivity index (χ1n) is 10.1. The normalized spacial score (nSPS) is 23.8. The SMILES string of the molecule is NC(c1ccc(C(=O)NC[C@H]2COCCN2C(=O)Cc2cccs2)nc1)N1OC1C(F)(F)F. The number of hydrogen-bond acceptors (Lipinski definition) is 8. The van der Waals surface area contributed by atoms with Crippen LogP contribution in [0.15, 0.2) is 35.8 Å². The van der Waals surface area contributed by atoms with Crippen molar-refractivity contribution in [1.29, 1.82) is 0 Å². The number of alkyl halides is 3. The van der Waals surface area contributed by atoms with Gasteiger partial charge in [0.1, 0.15) is 11.9 Å². The molecule has 2 aliphatic rings. The van der Waals surface area contributed by atoms with Crippen LogP contribution in [0.25, 0.3) is 0 Å². The molecular weight excluding hydrogens is 463 g/mol. The lowest BCUT2D eigenvalue weighted by atomic mass is 10.2. The maximum Gasteiger partial charge on any atom is 0.432 e.